The fraction of sp³-hybridized carbons (Fsp3) is 0.250. The van der Waals surface area contributed by atoms with Gasteiger partial charge in [-0.3, -0.25) is 4.79 Å². The third-order valence-electron chi connectivity index (χ3n) is 1.92. The molecule has 0 saturated carbocycles. The molecule has 80 valence electrons. The minimum absolute atomic E-state index is 0.181. The Kier molecular flexibility index (Phi) is 3.27. The van der Waals surface area contributed by atoms with Crippen LogP contribution in [0.3, 0.4) is 0 Å². The number of carbonyl (C=O) groups excluding carboxylic acids is 1. The first-order chi connectivity index (χ1) is 6.89. The predicted octanol–water partition coefficient (Wildman–Crippen LogP) is 1.75. The van der Waals surface area contributed by atoms with Gasteiger partial charge in [0, 0.05) is 0 Å². The summed E-state index contributed by atoms with van der Waals surface area (Å²) in [6.07, 6.45) is 2.92. The molecule has 0 aliphatic rings. The van der Waals surface area contributed by atoms with E-state index in [0.29, 0.717) is 0 Å². The average Bonchev–Trinajstić information content (AvgIpc) is 2.15. The van der Waals surface area contributed by atoms with E-state index in [4.69, 9.17) is 5.11 Å². The number of aliphatic hydroxyl groups is 1. The SMILES string of the molecule is CC(C)(O)C(=O)/C=C/c1ccc(O)cc1. The summed E-state index contributed by atoms with van der Waals surface area (Å²) in [5.74, 6) is -0.170. The van der Waals surface area contributed by atoms with Gasteiger partial charge in [-0.25, -0.2) is 0 Å². The Morgan fingerprint density at radius 2 is 1.80 bits per heavy atom. The second-order valence-corrected chi connectivity index (χ2v) is 3.85. The van der Waals surface area contributed by atoms with Crippen molar-refractivity contribution in [3.8, 4) is 5.75 Å². The van der Waals surface area contributed by atoms with Crippen molar-refractivity contribution in [1.29, 1.82) is 0 Å². The van der Waals surface area contributed by atoms with E-state index >= 15 is 0 Å². The Morgan fingerprint density at radius 1 is 1.27 bits per heavy atom. The quantitative estimate of drug-likeness (QED) is 0.741. The zero-order chi connectivity index (χ0) is 11.5. The number of hydrogen-bond donors (Lipinski definition) is 2. The van der Waals surface area contributed by atoms with Crippen molar-refractivity contribution >= 4 is 11.9 Å². The molecular formula is C12H14O3. The summed E-state index contributed by atoms with van der Waals surface area (Å²) < 4.78 is 0. The van der Waals surface area contributed by atoms with Crippen LogP contribution in [0.4, 0.5) is 0 Å². The fourth-order valence-electron chi connectivity index (χ4n) is 0.961. The van der Waals surface area contributed by atoms with Crippen LogP contribution in [0.25, 0.3) is 6.08 Å². The fourth-order valence-corrected chi connectivity index (χ4v) is 0.961. The van der Waals surface area contributed by atoms with E-state index in [1.165, 1.54) is 32.1 Å². The summed E-state index contributed by atoms with van der Waals surface area (Å²) in [6.45, 7) is 2.88. The molecule has 0 fully saturated rings. The van der Waals surface area contributed by atoms with Crippen LogP contribution in [0, 0.1) is 0 Å². The van der Waals surface area contributed by atoms with Crippen LogP contribution in [-0.4, -0.2) is 21.6 Å². The highest BCUT2D eigenvalue weighted by atomic mass is 16.3. The molecule has 3 heteroatoms. The lowest BCUT2D eigenvalue weighted by atomic mass is 10.0. The Bertz CT molecular complexity index is 369. The Morgan fingerprint density at radius 3 is 2.27 bits per heavy atom. The van der Waals surface area contributed by atoms with Crippen molar-refractivity contribution in [2.24, 2.45) is 0 Å². The van der Waals surface area contributed by atoms with Gasteiger partial charge in [-0.1, -0.05) is 18.2 Å². The highest BCUT2D eigenvalue weighted by molar-refractivity contribution is 5.99. The van der Waals surface area contributed by atoms with E-state index in [9.17, 15) is 9.90 Å². The molecule has 15 heavy (non-hydrogen) atoms. The van der Waals surface area contributed by atoms with Gasteiger partial charge in [0.2, 0.25) is 0 Å². The van der Waals surface area contributed by atoms with E-state index in [0.717, 1.165) is 5.56 Å². The number of aromatic hydroxyl groups is 1. The van der Waals surface area contributed by atoms with Gasteiger partial charge in [0.1, 0.15) is 11.4 Å². The lowest BCUT2D eigenvalue weighted by molar-refractivity contribution is -0.128. The van der Waals surface area contributed by atoms with E-state index in [2.05, 4.69) is 0 Å². The van der Waals surface area contributed by atoms with Crippen LogP contribution in [0.1, 0.15) is 19.4 Å². The maximum absolute atomic E-state index is 11.3. The first-order valence-corrected chi connectivity index (χ1v) is 4.63. The number of phenolic OH excluding ortho intramolecular Hbond substituents is 1. The Balaban J connectivity index is 2.74. The van der Waals surface area contributed by atoms with Gasteiger partial charge in [0.15, 0.2) is 5.78 Å². The molecule has 0 amide bonds. The van der Waals surface area contributed by atoms with Crippen molar-refractivity contribution in [3.63, 3.8) is 0 Å². The number of rotatable bonds is 3. The molecule has 0 atom stereocenters. The predicted molar refractivity (Wildman–Crippen MR) is 58.4 cm³/mol. The molecule has 3 nitrogen and oxygen atoms in total. The van der Waals surface area contributed by atoms with Crippen molar-refractivity contribution < 1.29 is 15.0 Å². The number of ketones is 1. The first-order valence-electron chi connectivity index (χ1n) is 4.63. The van der Waals surface area contributed by atoms with Crippen molar-refractivity contribution in [2.45, 2.75) is 19.4 Å². The summed E-state index contributed by atoms with van der Waals surface area (Å²) in [5, 5.41) is 18.4. The minimum Gasteiger partial charge on any atom is -0.508 e. The molecule has 0 aliphatic carbocycles. The summed E-state index contributed by atoms with van der Waals surface area (Å²) in [5.41, 5.74) is -0.543. The van der Waals surface area contributed by atoms with Crippen molar-refractivity contribution in [1.82, 2.24) is 0 Å². The van der Waals surface area contributed by atoms with Gasteiger partial charge in [0.25, 0.3) is 0 Å². The van der Waals surface area contributed by atoms with E-state index in [1.807, 2.05) is 0 Å². The monoisotopic (exact) mass is 206 g/mol. The van der Waals surface area contributed by atoms with E-state index < -0.39 is 5.60 Å². The number of benzene rings is 1. The zero-order valence-electron chi connectivity index (χ0n) is 8.77. The van der Waals surface area contributed by atoms with Crippen LogP contribution in [0.2, 0.25) is 0 Å². The third-order valence-corrected chi connectivity index (χ3v) is 1.92. The summed E-state index contributed by atoms with van der Waals surface area (Å²) >= 11 is 0. The van der Waals surface area contributed by atoms with Gasteiger partial charge in [-0.05, 0) is 37.6 Å². The van der Waals surface area contributed by atoms with Gasteiger partial charge in [-0.15, -0.1) is 0 Å². The molecule has 1 aromatic rings. The number of phenols is 1. The average molecular weight is 206 g/mol. The van der Waals surface area contributed by atoms with Crippen LogP contribution in [0.15, 0.2) is 30.3 Å². The lowest BCUT2D eigenvalue weighted by Crippen LogP contribution is -2.29. The van der Waals surface area contributed by atoms with Gasteiger partial charge in [0.05, 0.1) is 0 Å². The van der Waals surface area contributed by atoms with E-state index in [1.54, 1.807) is 18.2 Å². The smallest absolute Gasteiger partial charge is 0.186 e. The van der Waals surface area contributed by atoms with Gasteiger partial charge in [-0.2, -0.15) is 0 Å². The third kappa shape index (κ3) is 3.56. The van der Waals surface area contributed by atoms with Gasteiger partial charge < -0.3 is 10.2 Å². The zero-order valence-corrected chi connectivity index (χ0v) is 8.77. The van der Waals surface area contributed by atoms with Crippen LogP contribution in [0.5, 0.6) is 5.75 Å². The number of hydrogen-bond acceptors (Lipinski definition) is 3. The maximum atomic E-state index is 11.3. The molecule has 0 bridgehead atoms. The molecule has 0 spiro atoms. The maximum Gasteiger partial charge on any atom is 0.186 e. The molecule has 2 N–H and O–H groups in total. The van der Waals surface area contributed by atoms with E-state index in [-0.39, 0.29) is 11.5 Å². The molecule has 0 saturated heterocycles. The minimum atomic E-state index is -1.34. The molecule has 0 heterocycles. The summed E-state index contributed by atoms with van der Waals surface area (Å²) in [4.78, 5) is 11.3. The molecule has 0 aliphatic heterocycles. The molecule has 1 rings (SSSR count). The molecule has 1 aromatic carbocycles. The summed E-state index contributed by atoms with van der Waals surface area (Å²) in [6, 6.07) is 6.44. The summed E-state index contributed by atoms with van der Waals surface area (Å²) in [7, 11) is 0. The highest BCUT2D eigenvalue weighted by Gasteiger charge is 2.20. The number of carbonyl (C=O) groups is 1. The highest BCUT2D eigenvalue weighted by Crippen LogP contribution is 2.12. The molecular weight excluding hydrogens is 192 g/mol. The first kappa shape index (κ1) is 11.5. The molecule has 0 aromatic heterocycles. The Labute approximate surface area is 88.7 Å². The van der Waals surface area contributed by atoms with Crippen molar-refractivity contribution in [2.75, 3.05) is 0 Å². The van der Waals surface area contributed by atoms with Gasteiger partial charge >= 0.3 is 0 Å². The second kappa shape index (κ2) is 4.28. The molecule has 0 radical (unpaired) electrons. The van der Waals surface area contributed by atoms with Crippen LogP contribution < -0.4 is 0 Å². The second-order valence-electron chi connectivity index (χ2n) is 3.85. The van der Waals surface area contributed by atoms with Crippen LogP contribution >= 0.6 is 0 Å². The normalized spacial score (nSPS) is 11.9. The largest absolute Gasteiger partial charge is 0.508 e. The molecule has 0 unspecified atom stereocenters. The van der Waals surface area contributed by atoms with Crippen LogP contribution in [-0.2, 0) is 4.79 Å². The standard InChI is InChI=1S/C12H14O3/c1-12(2,15)11(14)8-5-9-3-6-10(13)7-4-9/h3-8,13,15H,1-2H3/b8-5+. The lowest BCUT2D eigenvalue weighted by Gasteiger charge is -2.11. The van der Waals surface area contributed by atoms with Crippen molar-refractivity contribution in [3.05, 3.63) is 35.9 Å². The Hall–Kier alpha value is -1.61. The topological polar surface area (TPSA) is 57.5 Å².